The predicted molar refractivity (Wildman–Crippen MR) is 63.7 cm³/mol. The fraction of sp³-hybridized carbons (Fsp3) is 0.667. The van der Waals surface area contributed by atoms with Crippen molar-refractivity contribution in [3.63, 3.8) is 0 Å². The first-order valence-electron chi connectivity index (χ1n) is 5.17. The molecule has 0 aliphatic heterocycles. The first kappa shape index (κ1) is 13.9. The van der Waals surface area contributed by atoms with Crippen LogP contribution < -0.4 is 10.5 Å². The summed E-state index contributed by atoms with van der Waals surface area (Å²) in [5.41, 5.74) is 4.61. The van der Waals surface area contributed by atoms with Crippen molar-refractivity contribution in [1.82, 2.24) is 14.3 Å². The van der Waals surface area contributed by atoms with E-state index in [4.69, 9.17) is 5.73 Å². The molecule has 98 valence electrons. The van der Waals surface area contributed by atoms with E-state index in [1.165, 1.54) is 10.9 Å². The van der Waals surface area contributed by atoms with Crippen molar-refractivity contribution in [2.45, 2.75) is 30.8 Å². The molecule has 17 heavy (non-hydrogen) atoms. The van der Waals surface area contributed by atoms with Gasteiger partial charge < -0.3 is 15.4 Å². The summed E-state index contributed by atoms with van der Waals surface area (Å²) in [6.45, 7) is 3.11. The molecular formula is C9H18N4O3S. The van der Waals surface area contributed by atoms with Crippen LogP contribution in [0.2, 0.25) is 0 Å². The highest BCUT2D eigenvalue weighted by molar-refractivity contribution is 7.89. The van der Waals surface area contributed by atoms with Crippen molar-refractivity contribution in [3.05, 3.63) is 6.33 Å². The van der Waals surface area contributed by atoms with Crippen LogP contribution in [0.4, 0.5) is 5.82 Å². The van der Waals surface area contributed by atoms with Crippen LogP contribution in [0, 0.1) is 0 Å². The van der Waals surface area contributed by atoms with Gasteiger partial charge in [-0.15, -0.1) is 0 Å². The second-order valence-corrected chi connectivity index (χ2v) is 5.82. The van der Waals surface area contributed by atoms with Crippen molar-refractivity contribution in [2.75, 3.05) is 12.3 Å². The molecular weight excluding hydrogens is 244 g/mol. The molecule has 1 atom stereocenters. The van der Waals surface area contributed by atoms with Gasteiger partial charge in [-0.25, -0.2) is 18.1 Å². The molecule has 0 radical (unpaired) electrons. The van der Waals surface area contributed by atoms with Crippen LogP contribution in [0.1, 0.15) is 20.3 Å². The zero-order valence-electron chi connectivity index (χ0n) is 10.1. The lowest BCUT2D eigenvalue weighted by Gasteiger charge is -2.26. The Morgan fingerprint density at radius 1 is 1.65 bits per heavy atom. The van der Waals surface area contributed by atoms with Crippen LogP contribution in [0.3, 0.4) is 0 Å². The minimum atomic E-state index is -3.79. The molecule has 0 saturated carbocycles. The number of nitrogens with zero attached hydrogens (tertiary/aromatic N) is 2. The average Bonchev–Trinajstić information content (AvgIpc) is 2.58. The summed E-state index contributed by atoms with van der Waals surface area (Å²) in [6, 6.07) is 0. The molecule has 1 rings (SSSR count). The highest BCUT2D eigenvalue weighted by Crippen LogP contribution is 2.19. The number of aliphatic hydroxyl groups is 1. The molecule has 0 saturated heterocycles. The summed E-state index contributed by atoms with van der Waals surface area (Å²) >= 11 is 0. The minimum absolute atomic E-state index is 0.0589. The number of imidazole rings is 1. The lowest BCUT2D eigenvalue weighted by atomic mass is 10.0. The van der Waals surface area contributed by atoms with Crippen molar-refractivity contribution in [1.29, 1.82) is 0 Å². The molecule has 1 aromatic rings. The molecule has 0 amide bonds. The van der Waals surface area contributed by atoms with E-state index in [2.05, 4.69) is 9.71 Å². The van der Waals surface area contributed by atoms with Gasteiger partial charge in [0.25, 0.3) is 10.0 Å². The van der Waals surface area contributed by atoms with Gasteiger partial charge in [-0.05, 0) is 13.3 Å². The van der Waals surface area contributed by atoms with Gasteiger partial charge in [0.05, 0.1) is 18.5 Å². The van der Waals surface area contributed by atoms with Crippen molar-refractivity contribution < 1.29 is 13.5 Å². The Hall–Kier alpha value is -1.12. The molecule has 7 nitrogen and oxygen atoms in total. The number of anilines is 1. The van der Waals surface area contributed by atoms with Gasteiger partial charge in [-0.2, -0.15) is 0 Å². The molecule has 0 fully saturated rings. The molecule has 1 unspecified atom stereocenters. The lowest BCUT2D eigenvalue weighted by Crippen LogP contribution is -2.48. The first-order valence-corrected chi connectivity index (χ1v) is 6.65. The smallest absolute Gasteiger partial charge is 0.260 e. The third-order valence-electron chi connectivity index (χ3n) is 2.67. The third kappa shape index (κ3) is 2.76. The summed E-state index contributed by atoms with van der Waals surface area (Å²) in [4.78, 5) is 3.72. The molecule has 4 N–H and O–H groups in total. The fourth-order valence-electron chi connectivity index (χ4n) is 1.35. The summed E-state index contributed by atoms with van der Waals surface area (Å²) in [5, 5.41) is 9.11. The molecule has 1 heterocycles. The van der Waals surface area contributed by atoms with Gasteiger partial charge in [0, 0.05) is 7.05 Å². The highest BCUT2D eigenvalue weighted by atomic mass is 32.2. The zero-order chi connectivity index (χ0) is 13.3. The van der Waals surface area contributed by atoms with Crippen LogP contribution >= 0.6 is 0 Å². The number of rotatable bonds is 5. The average molecular weight is 262 g/mol. The van der Waals surface area contributed by atoms with Gasteiger partial charge >= 0.3 is 0 Å². The van der Waals surface area contributed by atoms with E-state index >= 15 is 0 Å². The Kier molecular flexibility index (Phi) is 3.80. The van der Waals surface area contributed by atoms with E-state index in [-0.39, 0.29) is 17.5 Å². The fourth-order valence-corrected chi connectivity index (χ4v) is 3.06. The zero-order valence-corrected chi connectivity index (χ0v) is 11.0. The maximum Gasteiger partial charge on any atom is 0.260 e. The Morgan fingerprint density at radius 2 is 2.24 bits per heavy atom. The first-order chi connectivity index (χ1) is 7.75. The second-order valence-electron chi connectivity index (χ2n) is 4.22. The Labute approximate surface area is 101 Å². The molecule has 0 aromatic carbocycles. The molecule has 1 aromatic heterocycles. The predicted octanol–water partition coefficient (Wildman–Crippen LogP) is -0.558. The molecule has 0 aliphatic rings. The molecule has 0 aliphatic carbocycles. The van der Waals surface area contributed by atoms with Crippen molar-refractivity contribution in [2.24, 2.45) is 7.05 Å². The number of aromatic nitrogens is 2. The van der Waals surface area contributed by atoms with Crippen LogP contribution in [0.15, 0.2) is 11.4 Å². The van der Waals surface area contributed by atoms with Gasteiger partial charge in [0.15, 0.2) is 10.8 Å². The van der Waals surface area contributed by atoms with E-state index in [1.54, 1.807) is 20.9 Å². The van der Waals surface area contributed by atoms with E-state index in [0.717, 1.165) is 0 Å². The van der Waals surface area contributed by atoms with Crippen molar-refractivity contribution >= 4 is 15.8 Å². The van der Waals surface area contributed by atoms with Gasteiger partial charge in [-0.1, -0.05) is 6.92 Å². The quantitative estimate of drug-likeness (QED) is 0.659. The Morgan fingerprint density at radius 3 is 2.59 bits per heavy atom. The summed E-state index contributed by atoms with van der Waals surface area (Å²) in [5.74, 6) is -0.0589. The van der Waals surface area contributed by atoms with Crippen LogP contribution in [-0.4, -0.2) is 35.2 Å². The molecule has 8 heteroatoms. The third-order valence-corrected chi connectivity index (χ3v) is 4.44. The number of aryl methyl sites for hydroxylation is 1. The standard InChI is InChI=1S/C9H18N4O3S/c1-4-9(2,5-14)12-17(15,16)8-7(10)11-6-13(8)3/h6,12,14H,4-5,10H2,1-3H3. The maximum absolute atomic E-state index is 12.1. The summed E-state index contributed by atoms with van der Waals surface area (Å²) in [6.07, 6.45) is 1.78. The number of hydrogen-bond donors (Lipinski definition) is 3. The Balaban J connectivity index is 3.14. The van der Waals surface area contributed by atoms with Gasteiger partial charge in [-0.3, -0.25) is 0 Å². The van der Waals surface area contributed by atoms with Crippen LogP contribution in [0.25, 0.3) is 0 Å². The number of hydrogen-bond acceptors (Lipinski definition) is 5. The van der Waals surface area contributed by atoms with E-state index in [1.807, 2.05) is 0 Å². The minimum Gasteiger partial charge on any atom is -0.394 e. The number of nitrogens with one attached hydrogen (secondary N) is 1. The Bertz CT molecular complexity index is 471. The van der Waals surface area contributed by atoms with Crippen LogP contribution in [-0.2, 0) is 17.1 Å². The highest BCUT2D eigenvalue weighted by Gasteiger charge is 2.31. The number of aliphatic hydroxyl groups excluding tert-OH is 1. The number of nitrogens with two attached hydrogens (primary N) is 1. The van der Waals surface area contributed by atoms with E-state index in [0.29, 0.717) is 6.42 Å². The molecule has 0 bridgehead atoms. The van der Waals surface area contributed by atoms with E-state index in [9.17, 15) is 13.5 Å². The SMILES string of the molecule is CCC(C)(CO)NS(=O)(=O)c1c(N)ncn1C. The normalized spacial score (nSPS) is 15.8. The summed E-state index contributed by atoms with van der Waals surface area (Å²) < 4.78 is 28.0. The topological polar surface area (TPSA) is 110 Å². The number of sulfonamides is 1. The monoisotopic (exact) mass is 262 g/mol. The number of nitrogen functional groups attached to an aromatic ring is 1. The van der Waals surface area contributed by atoms with E-state index < -0.39 is 15.6 Å². The largest absolute Gasteiger partial charge is 0.394 e. The summed E-state index contributed by atoms with van der Waals surface area (Å²) in [7, 11) is -2.25. The van der Waals surface area contributed by atoms with Gasteiger partial charge in [0.2, 0.25) is 0 Å². The maximum atomic E-state index is 12.1. The second kappa shape index (κ2) is 4.63. The van der Waals surface area contributed by atoms with Crippen molar-refractivity contribution in [3.8, 4) is 0 Å². The molecule has 0 spiro atoms. The lowest BCUT2D eigenvalue weighted by molar-refractivity contribution is 0.191. The van der Waals surface area contributed by atoms with Crippen LogP contribution in [0.5, 0.6) is 0 Å². The van der Waals surface area contributed by atoms with Gasteiger partial charge in [0.1, 0.15) is 0 Å².